The molecule has 4 heteroatoms. The zero-order chi connectivity index (χ0) is 16.8. The van der Waals surface area contributed by atoms with Crippen LogP contribution in [-0.2, 0) is 12.0 Å². The van der Waals surface area contributed by atoms with Gasteiger partial charge in [0.1, 0.15) is 5.65 Å². The number of imidazole rings is 1. The maximum absolute atomic E-state index is 6.03. The van der Waals surface area contributed by atoms with Crippen molar-refractivity contribution in [1.82, 2.24) is 14.3 Å². The van der Waals surface area contributed by atoms with Gasteiger partial charge < -0.3 is 10.1 Å². The molecule has 2 aromatic heterocycles. The van der Waals surface area contributed by atoms with Crippen molar-refractivity contribution in [3.05, 3.63) is 29.7 Å². The highest BCUT2D eigenvalue weighted by atomic mass is 15.2. The first-order chi connectivity index (χ1) is 10.7. The Balaban J connectivity index is 2.02. The lowest BCUT2D eigenvalue weighted by Crippen LogP contribution is -2.38. The molecule has 3 rings (SSSR count). The van der Waals surface area contributed by atoms with Crippen molar-refractivity contribution in [2.75, 3.05) is 18.8 Å². The molecule has 1 saturated heterocycles. The zero-order valence-corrected chi connectivity index (χ0v) is 15.1. The van der Waals surface area contributed by atoms with E-state index >= 15 is 0 Å². The maximum atomic E-state index is 6.03. The molecule has 2 aromatic rings. The van der Waals surface area contributed by atoms with Gasteiger partial charge in [-0.15, -0.1) is 0 Å². The molecule has 126 valence electrons. The van der Waals surface area contributed by atoms with Crippen LogP contribution in [0.3, 0.4) is 0 Å². The van der Waals surface area contributed by atoms with E-state index in [0.29, 0.717) is 0 Å². The van der Waals surface area contributed by atoms with Crippen LogP contribution in [0.5, 0.6) is 0 Å². The lowest BCUT2D eigenvalue weighted by atomic mass is 9.89. The number of pyridine rings is 1. The first kappa shape index (κ1) is 16.3. The van der Waals surface area contributed by atoms with E-state index in [1.807, 2.05) is 18.3 Å². The summed E-state index contributed by atoms with van der Waals surface area (Å²) in [5, 5.41) is 0. The lowest BCUT2D eigenvalue weighted by molar-refractivity contribution is 0.132. The minimum atomic E-state index is 0.0309. The molecule has 4 nitrogen and oxygen atoms in total. The van der Waals surface area contributed by atoms with Gasteiger partial charge in [-0.2, -0.15) is 0 Å². The van der Waals surface area contributed by atoms with E-state index in [0.717, 1.165) is 29.7 Å². The van der Waals surface area contributed by atoms with Crippen molar-refractivity contribution in [2.24, 2.45) is 11.8 Å². The molecule has 1 fully saturated rings. The second-order valence-corrected chi connectivity index (χ2v) is 8.49. The molecule has 0 aliphatic carbocycles. The summed E-state index contributed by atoms with van der Waals surface area (Å²) in [5.41, 5.74) is 10.3. The van der Waals surface area contributed by atoms with Crippen LogP contribution in [0.2, 0.25) is 0 Å². The van der Waals surface area contributed by atoms with Crippen LogP contribution < -0.4 is 5.73 Å². The maximum Gasteiger partial charge on any atom is 0.137 e. The van der Waals surface area contributed by atoms with Crippen LogP contribution in [0.4, 0.5) is 5.69 Å². The van der Waals surface area contributed by atoms with E-state index < -0.39 is 0 Å². The van der Waals surface area contributed by atoms with Gasteiger partial charge in [-0.25, -0.2) is 4.98 Å². The molecule has 0 amide bonds. The second kappa shape index (κ2) is 5.82. The predicted molar refractivity (Wildman–Crippen MR) is 96.5 cm³/mol. The topological polar surface area (TPSA) is 46.6 Å². The van der Waals surface area contributed by atoms with Crippen LogP contribution in [-0.4, -0.2) is 27.4 Å². The van der Waals surface area contributed by atoms with Crippen molar-refractivity contribution in [3.63, 3.8) is 0 Å². The summed E-state index contributed by atoms with van der Waals surface area (Å²) in [6.07, 6.45) is 3.35. The minimum Gasteiger partial charge on any atom is -0.398 e. The zero-order valence-electron chi connectivity index (χ0n) is 15.1. The van der Waals surface area contributed by atoms with Crippen LogP contribution in [0.1, 0.15) is 52.4 Å². The Bertz CT molecular complexity index is 685. The van der Waals surface area contributed by atoms with Gasteiger partial charge in [-0.1, -0.05) is 34.6 Å². The molecule has 0 bridgehead atoms. The summed E-state index contributed by atoms with van der Waals surface area (Å²) in [6.45, 7) is 14.7. The molecular weight excluding hydrogens is 284 g/mol. The van der Waals surface area contributed by atoms with Crippen LogP contribution in [0.25, 0.3) is 5.65 Å². The molecule has 2 unspecified atom stereocenters. The molecule has 0 saturated carbocycles. The van der Waals surface area contributed by atoms with Crippen molar-refractivity contribution < 1.29 is 0 Å². The first-order valence-electron chi connectivity index (χ1n) is 8.73. The highest BCUT2D eigenvalue weighted by molar-refractivity contribution is 5.51. The number of nitrogen functional groups attached to an aromatic ring is 1. The molecule has 3 heterocycles. The number of nitrogens with two attached hydrogens (primary N) is 1. The Kier molecular flexibility index (Phi) is 4.13. The average Bonchev–Trinajstić information content (AvgIpc) is 2.76. The van der Waals surface area contributed by atoms with Gasteiger partial charge in [-0.3, -0.25) is 4.90 Å². The number of nitrogens with zero attached hydrogens (tertiary/aromatic N) is 3. The second-order valence-electron chi connectivity index (χ2n) is 8.49. The summed E-state index contributed by atoms with van der Waals surface area (Å²) in [5.74, 6) is 1.53. The average molecular weight is 314 g/mol. The van der Waals surface area contributed by atoms with Crippen molar-refractivity contribution in [1.29, 1.82) is 0 Å². The Morgan fingerprint density at radius 1 is 1.17 bits per heavy atom. The number of likely N-dealkylation sites (tertiary alicyclic amines) is 1. The summed E-state index contributed by atoms with van der Waals surface area (Å²) >= 11 is 0. The van der Waals surface area contributed by atoms with Crippen molar-refractivity contribution >= 4 is 11.3 Å². The van der Waals surface area contributed by atoms with Crippen molar-refractivity contribution in [3.8, 4) is 0 Å². The molecule has 0 aromatic carbocycles. The predicted octanol–water partition coefficient (Wildman–Crippen LogP) is 3.69. The number of fused-ring (bicyclic) bond motifs is 1. The molecule has 1 aliphatic heterocycles. The van der Waals surface area contributed by atoms with Gasteiger partial charge in [0, 0.05) is 36.9 Å². The fraction of sp³-hybridized carbons (Fsp3) is 0.632. The Labute approximate surface area is 139 Å². The van der Waals surface area contributed by atoms with E-state index in [1.165, 1.54) is 30.9 Å². The molecule has 2 atom stereocenters. The largest absolute Gasteiger partial charge is 0.398 e. The van der Waals surface area contributed by atoms with Gasteiger partial charge >= 0.3 is 0 Å². The summed E-state index contributed by atoms with van der Waals surface area (Å²) in [4.78, 5) is 7.49. The molecule has 0 radical (unpaired) electrons. The van der Waals surface area contributed by atoms with Gasteiger partial charge in [0.05, 0.1) is 11.4 Å². The Hall–Kier alpha value is -1.55. The van der Waals surface area contributed by atoms with Gasteiger partial charge in [0.15, 0.2) is 0 Å². The van der Waals surface area contributed by atoms with Gasteiger partial charge in [0.25, 0.3) is 0 Å². The van der Waals surface area contributed by atoms with Crippen molar-refractivity contribution in [2.45, 2.75) is 53.0 Å². The standard InChI is InChI=1S/C19H30N4/c1-13-8-14(2)10-22(9-13)12-16-18(19(3,4)5)21-17-7-6-15(20)11-23(16)17/h6-7,11,13-14H,8-10,12,20H2,1-5H3. The van der Waals surface area contributed by atoms with E-state index in [2.05, 4.69) is 43.9 Å². The van der Waals surface area contributed by atoms with Gasteiger partial charge in [0.2, 0.25) is 0 Å². The third kappa shape index (κ3) is 3.37. The summed E-state index contributed by atoms with van der Waals surface area (Å²) in [7, 11) is 0. The fourth-order valence-electron chi connectivity index (χ4n) is 3.99. The third-order valence-corrected chi connectivity index (χ3v) is 4.77. The van der Waals surface area contributed by atoms with E-state index in [-0.39, 0.29) is 5.41 Å². The molecule has 23 heavy (non-hydrogen) atoms. The monoisotopic (exact) mass is 314 g/mol. The molecule has 1 aliphatic rings. The Morgan fingerprint density at radius 3 is 2.43 bits per heavy atom. The molecular formula is C19H30N4. The van der Waals surface area contributed by atoms with Crippen LogP contribution >= 0.6 is 0 Å². The van der Waals surface area contributed by atoms with Gasteiger partial charge in [-0.05, 0) is 30.4 Å². The minimum absolute atomic E-state index is 0.0309. The quantitative estimate of drug-likeness (QED) is 0.919. The lowest BCUT2D eigenvalue weighted by Gasteiger charge is -2.35. The number of aromatic nitrogens is 2. The highest BCUT2D eigenvalue weighted by Crippen LogP contribution is 2.30. The van der Waals surface area contributed by atoms with E-state index in [1.54, 1.807) is 0 Å². The van der Waals surface area contributed by atoms with E-state index in [4.69, 9.17) is 10.7 Å². The highest BCUT2D eigenvalue weighted by Gasteiger charge is 2.28. The number of anilines is 1. The third-order valence-electron chi connectivity index (χ3n) is 4.77. The molecule has 0 spiro atoms. The first-order valence-corrected chi connectivity index (χ1v) is 8.73. The number of piperidine rings is 1. The smallest absolute Gasteiger partial charge is 0.137 e. The molecule has 2 N–H and O–H groups in total. The Morgan fingerprint density at radius 2 is 1.83 bits per heavy atom. The SMILES string of the molecule is CC1CC(C)CN(Cc2c(C(C)(C)C)nc3ccc(N)cn23)C1. The van der Waals surface area contributed by atoms with Crippen LogP contribution in [0, 0.1) is 11.8 Å². The number of hydrogen-bond acceptors (Lipinski definition) is 3. The number of hydrogen-bond donors (Lipinski definition) is 1. The summed E-state index contributed by atoms with van der Waals surface area (Å²) < 4.78 is 2.19. The summed E-state index contributed by atoms with van der Waals surface area (Å²) in [6, 6.07) is 3.96. The number of rotatable bonds is 2. The normalized spacial score (nSPS) is 23.5. The fourth-order valence-corrected chi connectivity index (χ4v) is 3.99. The van der Waals surface area contributed by atoms with Crippen LogP contribution in [0.15, 0.2) is 18.3 Å². The van der Waals surface area contributed by atoms with E-state index in [9.17, 15) is 0 Å².